The summed E-state index contributed by atoms with van der Waals surface area (Å²) in [6.45, 7) is 5.00. The largest absolute Gasteiger partial charge is 2.00 e. The van der Waals surface area contributed by atoms with Gasteiger partial charge in [-0.2, -0.15) is 6.92 Å². The van der Waals surface area contributed by atoms with Gasteiger partial charge in [0.25, 0.3) is 0 Å². The smallest absolute Gasteiger partial charge is 0.872 e. The first kappa shape index (κ1) is 12.5. The van der Waals surface area contributed by atoms with Crippen LogP contribution in [-0.2, 0) is 0 Å². The van der Waals surface area contributed by atoms with Gasteiger partial charge in [0.05, 0.1) is 0 Å². The molecule has 0 bridgehead atoms. The molecule has 1 aromatic carbocycles. The van der Waals surface area contributed by atoms with E-state index >= 15 is 0 Å². The molecule has 50 valence electrons. The van der Waals surface area contributed by atoms with Crippen LogP contribution in [0.2, 0.25) is 0 Å². The fourth-order valence-corrected chi connectivity index (χ4v) is 0.420. The summed E-state index contributed by atoms with van der Waals surface area (Å²) in [5, 5.41) is 10.3. The van der Waals surface area contributed by atoms with Crippen molar-refractivity contribution < 1.29 is 5.11 Å². The predicted octanol–water partition coefficient (Wildman–Crippen LogP) is 1.22. The van der Waals surface area contributed by atoms with E-state index in [1.807, 2.05) is 6.07 Å². The van der Waals surface area contributed by atoms with Gasteiger partial charge >= 0.3 is 23.1 Å². The van der Waals surface area contributed by atoms with Crippen molar-refractivity contribution in [3.63, 3.8) is 0 Å². The third-order valence-corrected chi connectivity index (χ3v) is 0.743. The van der Waals surface area contributed by atoms with Gasteiger partial charge in [0.15, 0.2) is 0 Å². The summed E-state index contributed by atoms with van der Waals surface area (Å²) in [6.07, 6.45) is 0. The van der Waals surface area contributed by atoms with E-state index in [9.17, 15) is 5.11 Å². The van der Waals surface area contributed by atoms with Crippen LogP contribution in [0.15, 0.2) is 30.3 Å². The van der Waals surface area contributed by atoms with Gasteiger partial charge in [-0.3, -0.25) is 0 Å². The summed E-state index contributed by atoms with van der Waals surface area (Å²) in [5.74, 6) is 0.0718. The van der Waals surface area contributed by atoms with Crippen molar-refractivity contribution in [3.05, 3.63) is 37.3 Å². The summed E-state index contributed by atoms with van der Waals surface area (Å²) in [5.41, 5.74) is 0. The van der Waals surface area contributed by atoms with Crippen molar-refractivity contribution in [2.75, 3.05) is 0 Å². The molecule has 0 aromatic heterocycles. The quantitative estimate of drug-likeness (QED) is 0.399. The maximum atomic E-state index is 10.3. The van der Waals surface area contributed by atoms with Crippen LogP contribution in [0.5, 0.6) is 5.75 Å². The fraction of sp³-hybridized carbons (Fsp3) is 0.125. The molecule has 1 aromatic rings. The van der Waals surface area contributed by atoms with Crippen LogP contribution in [0.3, 0.4) is 0 Å². The normalized spacial score (nSPS) is 6.60. The van der Waals surface area contributed by atoms with E-state index in [1.165, 1.54) is 12.1 Å². The average molecular weight is 146 g/mol. The average Bonchev–Trinajstić information content (AvgIpc) is 1.94. The third-order valence-electron chi connectivity index (χ3n) is 0.743. The van der Waals surface area contributed by atoms with Gasteiger partial charge in [-0.1, -0.05) is 30.3 Å². The summed E-state index contributed by atoms with van der Waals surface area (Å²) < 4.78 is 0. The van der Waals surface area contributed by atoms with E-state index < -0.39 is 0 Å². The Morgan fingerprint density at radius 1 is 1.10 bits per heavy atom. The van der Waals surface area contributed by atoms with Crippen LogP contribution >= 0.6 is 0 Å². The van der Waals surface area contributed by atoms with Crippen molar-refractivity contribution in [1.29, 1.82) is 0 Å². The van der Waals surface area contributed by atoms with Crippen LogP contribution in [-0.4, -0.2) is 23.1 Å². The van der Waals surface area contributed by atoms with E-state index in [4.69, 9.17) is 0 Å². The minimum absolute atomic E-state index is 0. The topological polar surface area (TPSA) is 23.1 Å². The van der Waals surface area contributed by atoms with E-state index in [0.29, 0.717) is 0 Å². The van der Waals surface area contributed by atoms with Crippen LogP contribution in [0, 0.1) is 6.92 Å². The number of hydrogen-bond donors (Lipinski definition) is 0. The Morgan fingerprint density at radius 3 is 1.70 bits per heavy atom. The zero-order valence-electron chi connectivity index (χ0n) is 6.21. The molecule has 10 heavy (non-hydrogen) atoms. The first-order chi connectivity index (χ1) is 4.39. The standard InChI is InChI=1S/C6H6O.C2H5.Mg/c7-6-4-2-1-3-5-6;1-2;/h1-5,7H;1H2,2H3;/q;-1;+2/p-1. The molecule has 0 atom stereocenters. The molecule has 0 radical (unpaired) electrons. The number of benzene rings is 1. The van der Waals surface area contributed by atoms with Crippen molar-refractivity contribution in [2.24, 2.45) is 0 Å². The summed E-state index contributed by atoms with van der Waals surface area (Å²) >= 11 is 0. The third kappa shape index (κ3) is 5.91. The Labute approximate surface area is 78.2 Å². The molecular weight excluding hydrogens is 136 g/mol. The SMILES string of the molecule is [CH2-]C.[Mg+2].[O-]c1ccccc1. The molecule has 0 amide bonds. The Kier molecular flexibility index (Phi) is 10.9. The molecule has 1 rings (SSSR count). The fourth-order valence-electron chi connectivity index (χ4n) is 0.420. The molecule has 0 spiro atoms. The maximum Gasteiger partial charge on any atom is 2.00 e. The van der Waals surface area contributed by atoms with Crippen LogP contribution in [0.1, 0.15) is 6.92 Å². The van der Waals surface area contributed by atoms with Gasteiger partial charge in [0, 0.05) is 0 Å². The van der Waals surface area contributed by atoms with Crippen LogP contribution in [0.25, 0.3) is 0 Å². The second-order valence-corrected chi connectivity index (χ2v) is 1.31. The van der Waals surface area contributed by atoms with Gasteiger partial charge in [-0.25, -0.2) is 0 Å². The zero-order chi connectivity index (χ0) is 7.11. The number of hydrogen-bond acceptors (Lipinski definition) is 1. The molecule has 1 nitrogen and oxygen atoms in total. The Balaban J connectivity index is 0. The first-order valence-electron chi connectivity index (χ1n) is 2.82. The van der Waals surface area contributed by atoms with Gasteiger partial charge in [-0.05, 0) is 0 Å². The minimum atomic E-state index is 0. The van der Waals surface area contributed by atoms with Gasteiger partial charge in [-0.15, -0.1) is 5.75 Å². The Hall–Kier alpha value is -0.214. The van der Waals surface area contributed by atoms with Gasteiger partial charge in [0.2, 0.25) is 0 Å². The molecule has 0 fully saturated rings. The van der Waals surface area contributed by atoms with Gasteiger partial charge in [0.1, 0.15) is 0 Å². The van der Waals surface area contributed by atoms with E-state index in [0.717, 1.165) is 0 Å². The van der Waals surface area contributed by atoms with Crippen LogP contribution < -0.4 is 5.11 Å². The Bertz CT molecular complexity index is 139. The second kappa shape index (κ2) is 8.79. The number of para-hydroxylation sites is 1. The second-order valence-electron chi connectivity index (χ2n) is 1.31. The minimum Gasteiger partial charge on any atom is -0.872 e. The van der Waals surface area contributed by atoms with Crippen molar-refractivity contribution in [1.82, 2.24) is 0 Å². The van der Waals surface area contributed by atoms with E-state index in [2.05, 4.69) is 6.92 Å². The molecule has 0 aliphatic heterocycles. The molecule has 0 saturated carbocycles. The molecule has 0 heterocycles. The molecule has 0 N–H and O–H groups in total. The predicted molar refractivity (Wildman–Crippen MR) is 42.7 cm³/mol. The van der Waals surface area contributed by atoms with Crippen molar-refractivity contribution in [3.8, 4) is 5.75 Å². The monoisotopic (exact) mass is 146 g/mol. The molecular formula is C8H10MgO. The Morgan fingerprint density at radius 2 is 1.50 bits per heavy atom. The first-order valence-corrected chi connectivity index (χ1v) is 2.82. The summed E-state index contributed by atoms with van der Waals surface area (Å²) in [6, 6.07) is 8.33. The maximum absolute atomic E-state index is 10.3. The van der Waals surface area contributed by atoms with Gasteiger partial charge < -0.3 is 12.0 Å². The molecule has 0 aliphatic carbocycles. The van der Waals surface area contributed by atoms with Crippen molar-refractivity contribution >= 4 is 23.1 Å². The molecule has 0 unspecified atom stereocenters. The van der Waals surface area contributed by atoms with E-state index in [-0.39, 0.29) is 28.8 Å². The molecule has 2 heteroatoms. The van der Waals surface area contributed by atoms with Crippen LogP contribution in [0.4, 0.5) is 0 Å². The van der Waals surface area contributed by atoms with E-state index in [1.54, 1.807) is 19.1 Å². The number of rotatable bonds is 0. The summed E-state index contributed by atoms with van der Waals surface area (Å²) in [4.78, 5) is 0. The zero-order valence-corrected chi connectivity index (χ0v) is 7.62. The molecule has 0 saturated heterocycles. The van der Waals surface area contributed by atoms with Crippen molar-refractivity contribution in [2.45, 2.75) is 6.92 Å². The molecule has 0 aliphatic rings. The summed E-state index contributed by atoms with van der Waals surface area (Å²) in [7, 11) is 0.